The first-order valence-corrected chi connectivity index (χ1v) is 6.91. The molecule has 1 fully saturated rings. The number of nitrogen functional groups attached to an aromatic ring is 1. The van der Waals surface area contributed by atoms with Crippen LogP contribution in [-0.2, 0) is 4.74 Å². The molecule has 0 bridgehead atoms. The quantitative estimate of drug-likeness (QED) is 0.840. The van der Waals surface area contributed by atoms with Crippen LogP contribution in [0.15, 0.2) is 12.7 Å². The fourth-order valence-electron chi connectivity index (χ4n) is 2.29. The summed E-state index contributed by atoms with van der Waals surface area (Å²) in [6, 6.07) is 0. The van der Waals surface area contributed by atoms with Gasteiger partial charge in [-0.3, -0.25) is 0 Å². The summed E-state index contributed by atoms with van der Waals surface area (Å²) in [6.07, 6.45) is 6.52. The highest BCUT2D eigenvalue weighted by molar-refractivity contribution is 5.36. The van der Waals surface area contributed by atoms with Gasteiger partial charge in [-0.05, 0) is 19.3 Å². The average molecular weight is 290 g/mol. The smallest absolute Gasteiger partial charge is 0.258 e. The van der Waals surface area contributed by atoms with Crippen molar-refractivity contribution >= 4 is 11.9 Å². The third kappa shape index (κ3) is 3.24. The van der Waals surface area contributed by atoms with Crippen LogP contribution in [0.25, 0.3) is 5.95 Å². The van der Waals surface area contributed by atoms with Crippen molar-refractivity contribution in [3.63, 3.8) is 0 Å². The van der Waals surface area contributed by atoms with Crippen LogP contribution in [-0.4, -0.2) is 56.0 Å². The summed E-state index contributed by atoms with van der Waals surface area (Å²) in [7, 11) is 1.91. The number of hydrogen-bond donors (Lipinski definition) is 1. The molecule has 1 aliphatic heterocycles. The molecule has 2 aromatic heterocycles. The molecule has 0 saturated carbocycles. The monoisotopic (exact) mass is 290 g/mol. The van der Waals surface area contributed by atoms with Crippen molar-refractivity contribution < 1.29 is 4.74 Å². The molecule has 3 heterocycles. The molecule has 0 radical (unpaired) electrons. The summed E-state index contributed by atoms with van der Waals surface area (Å²) < 4.78 is 7.18. The molecule has 0 aliphatic carbocycles. The molecule has 0 spiro atoms. The molecule has 1 atom stereocenters. The van der Waals surface area contributed by atoms with E-state index in [0.29, 0.717) is 11.9 Å². The molecule has 0 amide bonds. The molecule has 3 rings (SSSR count). The Hall–Kier alpha value is -2.29. The van der Waals surface area contributed by atoms with Crippen molar-refractivity contribution in [2.24, 2.45) is 0 Å². The van der Waals surface area contributed by atoms with E-state index in [4.69, 9.17) is 10.5 Å². The molecular formula is C12H18N8O. The van der Waals surface area contributed by atoms with Gasteiger partial charge in [-0.25, -0.2) is 4.98 Å². The molecule has 9 nitrogen and oxygen atoms in total. The van der Waals surface area contributed by atoms with Gasteiger partial charge in [-0.2, -0.15) is 24.7 Å². The minimum atomic E-state index is 0.155. The Kier molecular flexibility index (Phi) is 3.91. The Bertz CT molecular complexity index is 581. The lowest BCUT2D eigenvalue weighted by molar-refractivity contribution is 0.0214. The molecular weight excluding hydrogens is 272 g/mol. The zero-order valence-corrected chi connectivity index (χ0v) is 11.9. The van der Waals surface area contributed by atoms with E-state index in [2.05, 4.69) is 25.0 Å². The number of anilines is 2. The number of nitrogens with zero attached hydrogens (tertiary/aromatic N) is 7. The maximum atomic E-state index is 5.75. The molecule has 1 aliphatic rings. The summed E-state index contributed by atoms with van der Waals surface area (Å²) in [5.41, 5.74) is 5.75. The second-order valence-corrected chi connectivity index (χ2v) is 5.00. The lowest BCUT2D eigenvalue weighted by atomic mass is 10.1. The third-order valence-electron chi connectivity index (χ3n) is 3.35. The Balaban J connectivity index is 1.77. The topological polar surface area (TPSA) is 108 Å². The van der Waals surface area contributed by atoms with E-state index in [0.717, 1.165) is 26.0 Å². The number of aromatic nitrogens is 6. The van der Waals surface area contributed by atoms with Gasteiger partial charge >= 0.3 is 0 Å². The van der Waals surface area contributed by atoms with Crippen LogP contribution in [0.5, 0.6) is 0 Å². The predicted molar refractivity (Wildman–Crippen MR) is 76.0 cm³/mol. The summed E-state index contributed by atoms with van der Waals surface area (Å²) in [5, 5.41) is 4.00. The van der Waals surface area contributed by atoms with Gasteiger partial charge in [0.25, 0.3) is 5.95 Å². The molecule has 2 aromatic rings. The molecule has 1 saturated heterocycles. The standard InChI is InChI=1S/C12H18N8O/c1-19(6-9-4-2-3-5-21-9)11-16-10(13)17-12(18-11)20-8-14-7-15-20/h7-9H,2-6H2,1H3,(H2,13,16,17,18). The van der Waals surface area contributed by atoms with Crippen LogP contribution in [0.2, 0.25) is 0 Å². The van der Waals surface area contributed by atoms with Crippen molar-refractivity contribution in [2.45, 2.75) is 25.4 Å². The maximum absolute atomic E-state index is 5.75. The van der Waals surface area contributed by atoms with Crippen LogP contribution < -0.4 is 10.6 Å². The van der Waals surface area contributed by atoms with E-state index in [1.54, 1.807) is 0 Å². The summed E-state index contributed by atoms with van der Waals surface area (Å²) in [4.78, 5) is 18.4. The molecule has 112 valence electrons. The van der Waals surface area contributed by atoms with Crippen molar-refractivity contribution in [3.8, 4) is 5.95 Å². The summed E-state index contributed by atoms with van der Waals surface area (Å²) in [5.74, 6) is 1.01. The molecule has 9 heteroatoms. The van der Waals surface area contributed by atoms with Gasteiger partial charge < -0.3 is 15.4 Å². The first-order valence-electron chi connectivity index (χ1n) is 6.91. The van der Waals surface area contributed by atoms with Gasteiger partial charge in [0.05, 0.1) is 6.10 Å². The van der Waals surface area contributed by atoms with Crippen LogP contribution in [0.1, 0.15) is 19.3 Å². The van der Waals surface area contributed by atoms with Crippen molar-refractivity contribution in [1.29, 1.82) is 0 Å². The van der Waals surface area contributed by atoms with E-state index in [9.17, 15) is 0 Å². The minimum Gasteiger partial charge on any atom is -0.376 e. The van der Waals surface area contributed by atoms with E-state index in [1.165, 1.54) is 23.8 Å². The second kappa shape index (κ2) is 6.00. The van der Waals surface area contributed by atoms with Gasteiger partial charge in [-0.15, -0.1) is 0 Å². The fourth-order valence-corrected chi connectivity index (χ4v) is 2.29. The molecule has 21 heavy (non-hydrogen) atoms. The number of ether oxygens (including phenoxy) is 1. The fraction of sp³-hybridized carbons (Fsp3) is 0.583. The zero-order chi connectivity index (χ0) is 14.7. The lowest BCUT2D eigenvalue weighted by Crippen LogP contribution is -2.34. The largest absolute Gasteiger partial charge is 0.376 e. The Morgan fingerprint density at radius 3 is 3.00 bits per heavy atom. The van der Waals surface area contributed by atoms with E-state index < -0.39 is 0 Å². The second-order valence-electron chi connectivity index (χ2n) is 5.00. The lowest BCUT2D eigenvalue weighted by Gasteiger charge is -2.27. The molecule has 1 unspecified atom stereocenters. The Morgan fingerprint density at radius 1 is 1.38 bits per heavy atom. The highest BCUT2D eigenvalue weighted by atomic mass is 16.5. The Morgan fingerprint density at radius 2 is 2.29 bits per heavy atom. The predicted octanol–water partition coefficient (Wildman–Crippen LogP) is 0.0398. The van der Waals surface area contributed by atoms with Crippen LogP contribution >= 0.6 is 0 Å². The van der Waals surface area contributed by atoms with Crippen LogP contribution in [0.4, 0.5) is 11.9 Å². The number of hydrogen-bond acceptors (Lipinski definition) is 8. The van der Waals surface area contributed by atoms with Gasteiger partial charge in [0, 0.05) is 20.2 Å². The summed E-state index contributed by atoms with van der Waals surface area (Å²) >= 11 is 0. The maximum Gasteiger partial charge on any atom is 0.258 e. The molecule has 2 N–H and O–H groups in total. The zero-order valence-electron chi connectivity index (χ0n) is 11.9. The Labute approximate surface area is 122 Å². The van der Waals surface area contributed by atoms with E-state index in [-0.39, 0.29) is 12.1 Å². The van der Waals surface area contributed by atoms with Crippen LogP contribution in [0.3, 0.4) is 0 Å². The van der Waals surface area contributed by atoms with E-state index in [1.807, 2.05) is 11.9 Å². The average Bonchev–Trinajstić information content (AvgIpc) is 3.02. The van der Waals surface area contributed by atoms with Gasteiger partial charge in [0.1, 0.15) is 12.7 Å². The third-order valence-corrected chi connectivity index (χ3v) is 3.35. The SMILES string of the molecule is CN(CC1CCCCO1)c1nc(N)nc(-n2cncn2)n1. The van der Waals surface area contributed by atoms with Crippen molar-refractivity contribution in [3.05, 3.63) is 12.7 Å². The summed E-state index contributed by atoms with van der Waals surface area (Å²) in [6.45, 7) is 1.54. The minimum absolute atomic E-state index is 0.155. The van der Waals surface area contributed by atoms with Gasteiger partial charge in [0.2, 0.25) is 11.9 Å². The van der Waals surface area contributed by atoms with Crippen molar-refractivity contribution in [1.82, 2.24) is 29.7 Å². The molecule has 0 aromatic carbocycles. The van der Waals surface area contributed by atoms with Crippen LogP contribution in [0, 0.1) is 0 Å². The number of nitrogens with two attached hydrogens (primary N) is 1. The number of likely N-dealkylation sites (N-methyl/N-ethyl adjacent to an activating group) is 1. The highest BCUT2D eigenvalue weighted by Crippen LogP contribution is 2.16. The highest BCUT2D eigenvalue weighted by Gasteiger charge is 2.18. The first kappa shape index (κ1) is 13.7. The first-order chi connectivity index (χ1) is 10.2. The number of rotatable bonds is 4. The van der Waals surface area contributed by atoms with Gasteiger partial charge in [0.15, 0.2) is 0 Å². The van der Waals surface area contributed by atoms with Gasteiger partial charge in [-0.1, -0.05) is 0 Å². The normalized spacial score (nSPS) is 18.6. The van der Waals surface area contributed by atoms with E-state index >= 15 is 0 Å². The van der Waals surface area contributed by atoms with Crippen molar-refractivity contribution in [2.75, 3.05) is 30.8 Å².